The molecule has 0 radical (unpaired) electrons. The summed E-state index contributed by atoms with van der Waals surface area (Å²) < 4.78 is 11.1. The lowest BCUT2D eigenvalue weighted by Crippen LogP contribution is -1.94. The van der Waals surface area contributed by atoms with Gasteiger partial charge in [0, 0.05) is 47.4 Å². The van der Waals surface area contributed by atoms with Gasteiger partial charge in [-0.25, -0.2) is 0 Å². The van der Waals surface area contributed by atoms with Crippen molar-refractivity contribution in [2.24, 2.45) is 0 Å². The van der Waals surface area contributed by atoms with Crippen LogP contribution in [0.25, 0.3) is 0 Å². The molecule has 0 spiro atoms. The molecule has 2 aromatic heterocycles. The quantitative estimate of drug-likeness (QED) is 0.173. The van der Waals surface area contributed by atoms with Gasteiger partial charge in [-0.15, -0.1) is 20.4 Å². The van der Waals surface area contributed by atoms with Gasteiger partial charge in [-0.3, -0.25) is 0 Å². The fraction of sp³-hybridized carbons (Fsp3) is 0.0370. The molecule has 0 atom stereocenters. The molecule has 12 heteroatoms. The van der Waals surface area contributed by atoms with Gasteiger partial charge in [0.05, 0.1) is 0 Å². The zero-order valence-electron chi connectivity index (χ0n) is 19.8. The van der Waals surface area contributed by atoms with Gasteiger partial charge in [-0.1, -0.05) is 48.8 Å². The fourth-order valence-electron chi connectivity index (χ4n) is 2.64. The van der Waals surface area contributed by atoms with Crippen LogP contribution >= 0.6 is 23.2 Å². The summed E-state index contributed by atoms with van der Waals surface area (Å²) in [6.07, 6.45) is 0. The van der Waals surface area contributed by atoms with Crippen LogP contribution in [0.4, 0.5) is 17.1 Å². The average Bonchev–Trinajstić information content (AvgIpc) is 2.88. The summed E-state index contributed by atoms with van der Waals surface area (Å²) in [6.45, 7) is 0. The minimum absolute atomic E-state index is 0. The van der Waals surface area contributed by atoms with Crippen LogP contribution in [-0.2, 0) is 0 Å². The topological polar surface area (TPSA) is 168 Å². The molecule has 202 valence electrons. The molecule has 5 aromatic rings. The van der Waals surface area contributed by atoms with Crippen LogP contribution in [-0.4, -0.2) is 25.5 Å². The number of nitrogens with zero attached hydrogens (tertiary/aromatic N) is 4. The van der Waals surface area contributed by atoms with Crippen LogP contribution in [0.1, 0.15) is 7.43 Å². The first-order chi connectivity index (χ1) is 18.3. The summed E-state index contributed by atoms with van der Waals surface area (Å²) in [4.78, 5) is 0. The van der Waals surface area contributed by atoms with E-state index in [1.165, 1.54) is 6.07 Å². The summed E-state index contributed by atoms with van der Waals surface area (Å²) in [6, 6.07) is 27.1. The van der Waals surface area contributed by atoms with Gasteiger partial charge < -0.3 is 31.8 Å². The molecule has 10 nitrogen and oxygen atoms in total. The average molecular weight is 568 g/mol. The van der Waals surface area contributed by atoms with E-state index in [4.69, 9.17) is 55.0 Å². The van der Waals surface area contributed by atoms with E-state index in [9.17, 15) is 0 Å². The van der Waals surface area contributed by atoms with Crippen molar-refractivity contribution in [1.82, 2.24) is 20.4 Å². The predicted molar refractivity (Wildman–Crippen MR) is 155 cm³/mol. The number of ether oxygens (including phenoxy) is 2. The second-order valence-electron chi connectivity index (χ2n) is 7.33. The van der Waals surface area contributed by atoms with Crippen LogP contribution in [0.5, 0.6) is 29.0 Å². The van der Waals surface area contributed by atoms with Crippen molar-refractivity contribution < 1.29 is 14.6 Å². The van der Waals surface area contributed by atoms with Crippen molar-refractivity contribution in [2.75, 3.05) is 17.2 Å². The number of nitrogens with two attached hydrogens (primary N) is 3. The van der Waals surface area contributed by atoms with Crippen LogP contribution in [0.15, 0.2) is 97.1 Å². The number of hydrogen-bond acceptors (Lipinski definition) is 10. The number of hydrogen-bond donors (Lipinski definition) is 4. The van der Waals surface area contributed by atoms with E-state index in [-0.39, 0.29) is 13.2 Å². The highest BCUT2D eigenvalue weighted by molar-refractivity contribution is 6.31. The molecule has 0 aliphatic carbocycles. The Morgan fingerprint density at radius 1 is 0.538 bits per heavy atom. The molecule has 0 aliphatic rings. The molecule has 39 heavy (non-hydrogen) atoms. The summed E-state index contributed by atoms with van der Waals surface area (Å²) in [5.74, 6) is 2.11. The minimum Gasteiger partial charge on any atom is -0.508 e. The van der Waals surface area contributed by atoms with Crippen molar-refractivity contribution in [3.8, 4) is 29.0 Å². The molecular formula is C27H27Cl2N7O3. The van der Waals surface area contributed by atoms with E-state index in [0.717, 1.165) is 0 Å². The van der Waals surface area contributed by atoms with Gasteiger partial charge in [0.15, 0.2) is 10.3 Å². The van der Waals surface area contributed by atoms with Gasteiger partial charge in [0.25, 0.3) is 0 Å². The predicted octanol–water partition coefficient (Wildman–Crippen LogP) is 6.62. The third kappa shape index (κ3) is 11.4. The molecule has 0 amide bonds. The molecule has 0 saturated heterocycles. The number of aromatic nitrogens is 4. The molecule has 2 heterocycles. The second-order valence-corrected chi connectivity index (χ2v) is 8.11. The van der Waals surface area contributed by atoms with E-state index in [0.29, 0.717) is 50.6 Å². The highest BCUT2D eigenvalue weighted by Crippen LogP contribution is 2.24. The highest BCUT2D eigenvalue weighted by Gasteiger charge is 2.03. The van der Waals surface area contributed by atoms with Gasteiger partial charge in [0.1, 0.15) is 17.2 Å². The smallest absolute Gasteiger partial charge is 0.239 e. The first-order valence-electron chi connectivity index (χ1n) is 10.9. The maximum Gasteiger partial charge on any atom is 0.239 e. The summed E-state index contributed by atoms with van der Waals surface area (Å²) >= 11 is 10.8. The Balaban J connectivity index is 0.000000257. The Morgan fingerprint density at radius 3 is 1.26 bits per heavy atom. The molecule has 0 bridgehead atoms. The lowest BCUT2D eigenvalue weighted by atomic mass is 10.3. The Morgan fingerprint density at radius 2 is 0.949 bits per heavy atom. The normalized spacial score (nSPS) is 9.49. The number of rotatable bonds is 4. The minimum atomic E-state index is 0. The number of phenolic OH excluding ortho intramolecular Hbond substituents is 1. The summed E-state index contributed by atoms with van der Waals surface area (Å²) in [5.41, 5.74) is 18.5. The molecular weight excluding hydrogens is 541 g/mol. The third-order valence-corrected chi connectivity index (χ3v) is 4.65. The van der Waals surface area contributed by atoms with E-state index < -0.39 is 0 Å². The first-order valence-corrected chi connectivity index (χ1v) is 11.6. The van der Waals surface area contributed by atoms with Crippen LogP contribution in [0, 0.1) is 0 Å². The molecule has 0 aliphatic heterocycles. The fourth-order valence-corrected chi connectivity index (χ4v) is 2.84. The lowest BCUT2D eigenvalue weighted by Gasteiger charge is -2.07. The first kappa shape index (κ1) is 30.4. The largest absolute Gasteiger partial charge is 0.508 e. The second kappa shape index (κ2) is 15.5. The van der Waals surface area contributed by atoms with Crippen molar-refractivity contribution in [3.05, 3.63) is 107 Å². The third-order valence-electron chi connectivity index (χ3n) is 4.25. The van der Waals surface area contributed by atoms with Gasteiger partial charge in [-0.05, 0) is 48.5 Å². The Hall–Kier alpha value is -4.80. The summed E-state index contributed by atoms with van der Waals surface area (Å²) in [7, 11) is 0. The lowest BCUT2D eigenvalue weighted by molar-refractivity contribution is 0.427. The summed E-state index contributed by atoms with van der Waals surface area (Å²) in [5, 5.41) is 24.3. The van der Waals surface area contributed by atoms with Crippen LogP contribution < -0.4 is 26.7 Å². The Labute approximate surface area is 236 Å². The van der Waals surface area contributed by atoms with E-state index >= 15 is 0 Å². The van der Waals surface area contributed by atoms with Crippen molar-refractivity contribution in [2.45, 2.75) is 7.43 Å². The number of anilines is 3. The Bertz CT molecular complexity index is 1340. The van der Waals surface area contributed by atoms with Gasteiger partial charge in [-0.2, -0.15) is 0 Å². The van der Waals surface area contributed by atoms with Crippen molar-refractivity contribution in [1.29, 1.82) is 0 Å². The van der Waals surface area contributed by atoms with E-state index in [1.807, 2.05) is 0 Å². The van der Waals surface area contributed by atoms with E-state index in [1.54, 1.807) is 91.0 Å². The number of aromatic hydroxyl groups is 1. The zero-order valence-corrected chi connectivity index (χ0v) is 21.3. The highest BCUT2D eigenvalue weighted by atomic mass is 35.5. The van der Waals surface area contributed by atoms with Crippen molar-refractivity contribution >= 4 is 40.3 Å². The monoisotopic (exact) mass is 567 g/mol. The van der Waals surface area contributed by atoms with Gasteiger partial charge in [0.2, 0.25) is 11.8 Å². The molecule has 0 fully saturated rings. The Kier molecular flexibility index (Phi) is 12.1. The molecule has 0 unspecified atom stereocenters. The van der Waals surface area contributed by atoms with Crippen molar-refractivity contribution in [3.63, 3.8) is 0 Å². The van der Waals surface area contributed by atoms with Crippen LogP contribution in [0.2, 0.25) is 10.3 Å². The number of nitrogen functional groups attached to an aromatic ring is 3. The number of halogens is 2. The molecule has 3 aromatic carbocycles. The molecule has 0 saturated carbocycles. The zero-order chi connectivity index (χ0) is 27.3. The standard InChI is InChI=1S/C16H14N4O2.C6H7NO.C4H2Cl2N2.CH4/c17-11-3-1-5-13(9-11)21-15-7-8-16(20-19-15)22-14-6-2-4-12(18)10-14;7-5-2-1-3-6(8)4-5;5-3-1-2-4(6)8-7-3;/h1-10H,17-18H2;1-4,8H,7H2;1-2H;1H4. The van der Waals surface area contributed by atoms with Crippen LogP contribution in [0.3, 0.4) is 0 Å². The number of benzene rings is 3. The SMILES string of the molecule is C.Clc1ccc(Cl)nn1.Nc1cccc(O)c1.Nc1cccc(Oc2ccc(Oc3cccc(N)c3)nn2)c1. The maximum atomic E-state index is 8.73. The van der Waals surface area contributed by atoms with Gasteiger partial charge >= 0.3 is 0 Å². The number of phenols is 1. The van der Waals surface area contributed by atoms with E-state index in [2.05, 4.69) is 20.4 Å². The maximum absolute atomic E-state index is 8.73. The molecule has 5 rings (SSSR count). The molecule has 7 N–H and O–H groups in total.